The Bertz CT molecular complexity index is 626. The number of hydrogen-bond acceptors (Lipinski definition) is 4. The lowest BCUT2D eigenvalue weighted by Gasteiger charge is -2.02. The van der Waals surface area contributed by atoms with Crippen LogP contribution in [0.3, 0.4) is 0 Å². The highest BCUT2D eigenvalue weighted by Gasteiger charge is 2.01. The number of pyridine rings is 1. The van der Waals surface area contributed by atoms with Crippen molar-refractivity contribution in [3.8, 4) is 5.69 Å². The van der Waals surface area contributed by atoms with E-state index in [1.807, 2.05) is 0 Å². The van der Waals surface area contributed by atoms with Gasteiger partial charge in [0.25, 0.3) is 0 Å². The predicted octanol–water partition coefficient (Wildman–Crippen LogP) is 0.0617. The van der Waals surface area contributed by atoms with Gasteiger partial charge in [-0.2, -0.15) is 14.8 Å². The van der Waals surface area contributed by atoms with E-state index in [9.17, 15) is 10.0 Å². The second kappa shape index (κ2) is 4.20. The van der Waals surface area contributed by atoms with Crippen molar-refractivity contribution in [2.75, 3.05) is 0 Å². The van der Waals surface area contributed by atoms with Gasteiger partial charge in [-0.3, -0.25) is 4.79 Å². The lowest BCUT2D eigenvalue weighted by Crippen LogP contribution is -2.20. The Morgan fingerprint density at radius 3 is 2.76 bits per heavy atom. The molecule has 2 heterocycles. The summed E-state index contributed by atoms with van der Waals surface area (Å²) < 4.78 is 2.29. The van der Waals surface area contributed by atoms with Crippen LogP contribution >= 0.6 is 0 Å². The third-order valence-electron chi connectivity index (χ3n) is 2.04. The summed E-state index contributed by atoms with van der Waals surface area (Å²) in [6.45, 7) is 3.08. The third-order valence-corrected chi connectivity index (χ3v) is 2.04. The van der Waals surface area contributed by atoms with E-state index < -0.39 is 0 Å². The molecule has 88 valence electrons. The molecule has 0 aliphatic rings. The van der Waals surface area contributed by atoms with Crippen molar-refractivity contribution >= 4 is 5.91 Å². The molecule has 2 aromatic rings. The Balaban J connectivity index is 2.48. The number of aromatic nitrogens is 4. The molecule has 0 aliphatic carbocycles. The fourth-order valence-electron chi connectivity index (χ4n) is 1.33. The largest absolute Gasteiger partial charge is 0.427 e. The predicted molar refractivity (Wildman–Crippen MR) is 57.5 cm³/mol. The van der Waals surface area contributed by atoms with Gasteiger partial charge in [-0.15, -0.1) is 0 Å². The van der Waals surface area contributed by atoms with Crippen molar-refractivity contribution < 1.29 is 10.0 Å². The average Bonchev–Trinajstić information content (AvgIpc) is 2.67. The molecule has 1 N–H and O–H groups in total. The van der Waals surface area contributed by atoms with E-state index in [4.69, 9.17) is 0 Å². The lowest BCUT2D eigenvalue weighted by atomic mass is 10.4. The normalized spacial score (nSPS) is 11.8. The monoisotopic (exact) mass is 233 g/mol. The SMILES string of the molecule is CC(=O)N=c1ccc(-n2cnc(C)n2)cn1O. The van der Waals surface area contributed by atoms with Crippen molar-refractivity contribution in [2.45, 2.75) is 13.8 Å². The van der Waals surface area contributed by atoms with Gasteiger partial charge in [0.05, 0.1) is 11.9 Å². The Hall–Kier alpha value is -2.44. The van der Waals surface area contributed by atoms with Crippen molar-refractivity contribution in [1.29, 1.82) is 0 Å². The van der Waals surface area contributed by atoms with Crippen LogP contribution in [0.5, 0.6) is 0 Å². The summed E-state index contributed by atoms with van der Waals surface area (Å²) in [6, 6.07) is 3.20. The fraction of sp³-hybridized carbons (Fsp3) is 0.200. The zero-order chi connectivity index (χ0) is 12.4. The summed E-state index contributed by atoms with van der Waals surface area (Å²) in [5.41, 5.74) is 0.786. The highest BCUT2D eigenvalue weighted by Crippen LogP contribution is 2.01. The molecule has 0 aromatic carbocycles. The molecule has 1 amide bonds. The van der Waals surface area contributed by atoms with Crippen molar-refractivity contribution in [3.63, 3.8) is 0 Å². The van der Waals surface area contributed by atoms with Crippen LogP contribution < -0.4 is 5.49 Å². The highest BCUT2D eigenvalue weighted by molar-refractivity contribution is 5.73. The molecule has 17 heavy (non-hydrogen) atoms. The fourth-order valence-corrected chi connectivity index (χ4v) is 1.33. The first-order chi connectivity index (χ1) is 8.06. The van der Waals surface area contributed by atoms with Crippen LogP contribution in [-0.4, -0.2) is 30.6 Å². The Kier molecular flexibility index (Phi) is 2.73. The summed E-state index contributed by atoms with van der Waals surface area (Å²) in [5, 5.41) is 13.7. The van der Waals surface area contributed by atoms with Crippen LogP contribution in [0.2, 0.25) is 0 Å². The minimum atomic E-state index is -0.378. The van der Waals surface area contributed by atoms with Crippen LogP contribution in [-0.2, 0) is 4.79 Å². The van der Waals surface area contributed by atoms with Crippen LogP contribution in [0.4, 0.5) is 0 Å². The number of rotatable bonds is 1. The standard InChI is InChI=1S/C10H11N5O2/c1-7-11-6-14(13-7)9-3-4-10(12-8(2)16)15(17)5-9/h3-6,17H,1-2H3. The van der Waals surface area contributed by atoms with Gasteiger partial charge >= 0.3 is 0 Å². The molecule has 0 saturated carbocycles. The molecule has 7 heteroatoms. The van der Waals surface area contributed by atoms with Crippen LogP contribution in [0.1, 0.15) is 12.7 Å². The quantitative estimate of drug-likeness (QED) is 0.706. The maximum atomic E-state index is 10.8. The molecule has 0 saturated heterocycles. The lowest BCUT2D eigenvalue weighted by molar-refractivity contribution is -0.116. The summed E-state index contributed by atoms with van der Waals surface area (Å²) in [7, 11) is 0. The van der Waals surface area contributed by atoms with E-state index in [1.165, 1.54) is 30.2 Å². The van der Waals surface area contributed by atoms with Crippen molar-refractivity contribution in [2.24, 2.45) is 4.99 Å². The number of aryl methyl sites for hydroxylation is 1. The van der Waals surface area contributed by atoms with E-state index in [0.717, 1.165) is 4.73 Å². The summed E-state index contributed by atoms with van der Waals surface area (Å²) >= 11 is 0. The van der Waals surface area contributed by atoms with E-state index in [1.54, 1.807) is 13.0 Å². The first-order valence-electron chi connectivity index (χ1n) is 4.92. The smallest absolute Gasteiger partial charge is 0.244 e. The van der Waals surface area contributed by atoms with Gasteiger partial charge in [0.1, 0.15) is 12.2 Å². The second-order valence-corrected chi connectivity index (χ2v) is 3.46. The van der Waals surface area contributed by atoms with Crippen LogP contribution in [0.15, 0.2) is 29.6 Å². The van der Waals surface area contributed by atoms with Crippen LogP contribution in [0, 0.1) is 6.92 Å². The van der Waals surface area contributed by atoms with E-state index in [0.29, 0.717) is 11.5 Å². The van der Waals surface area contributed by atoms with Crippen LogP contribution in [0.25, 0.3) is 5.69 Å². The number of carbonyl (C=O) groups excluding carboxylic acids is 1. The first-order valence-corrected chi connectivity index (χ1v) is 4.92. The molecule has 0 spiro atoms. The molecule has 7 nitrogen and oxygen atoms in total. The number of nitrogens with zero attached hydrogens (tertiary/aromatic N) is 5. The van der Waals surface area contributed by atoms with Gasteiger partial charge < -0.3 is 5.21 Å². The minimum Gasteiger partial charge on any atom is -0.427 e. The summed E-state index contributed by atoms with van der Waals surface area (Å²) in [5.74, 6) is 0.254. The molecular weight excluding hydrogens is 222 g/mol. The second-order valence-electron chi connectivity index (χ2n) is 3.46. The molecule has 0 unspecified atom stereocenters. The average molecular weight is 233 g/mol. The molecule has 0 fully saturated rings. The van der Waals surface area contributed by atoms with E-state index >= 15 is 0 Å². The topological polar surface area (TPSA) is 85.3 Å². The maximum absolute atomic E-state index is 10.8. The number of hydrogen-bond donors (Lipinski definition) is 1. The third kappa shape index (κ3) is 2.39. The highest BCUT2D eigenvalue weighted by atomic mass is 16.5. The summed E-state index contributed by atoms with van der Waals surface area (Å²) in [4.78, 5) is 18.4. The molecule has 0 atom stereocenters. The van der Waals surface area contributed by atoms with E-state index in [-0.39, 0.29) is 11.4 Å². The minimum absolute atomic E-state index is 0.165. The van der Waals surface area contributed by atoms with Crippen molar-refractivity contribution in [3.05, 3.63) is 36.0 Å². The van der Waals surface area contributed by atoms with Gasteiger partial charge in [0, 0.05) is 6.92 Å². The van der Waals surface area contributed by atoms with Gasteiger partial charge in [-0.25, -0.2) is 9.67 Å². The zero-order valence-corrected chi connectivity index (χ0v) is 9.40. The van der Waals surface area contributed by atoms with E-state index in [2.05, 4.69) is 15.1 Å². The van der Waals surface area contributed by atoms with Gasteiger partial charge in [0.2, 0.25) is 5.91 Å². The first kappa shape index (κ1) is 11.1. The zero-order valence-electron chi connectivity index (χ0n) is 9.40. The van der Waals surface area contributed by atoms with Gasteiger partial charge in [-0.1, -0.05) is 0 Å². The Morgan fingerprint density at radius 2 is 2.24 bits per heavy atom. The van der Waals surface area contributed by atoms with Crippen molar-refractivity contribution in [1.82, 2.24) is 19.5 Å². The maximum Gasteiger partial charge on any atom is 0.244 e. The Labute approximate surface area is 96.6 Å². The molecule has 2 aromatic heterocycles. The Morgan fingerprint density at radius 1 is 1.47 bits per heavy atom. The molecule has 0 bridgehead atoms. The van der Waals surface area contributed by atoms with Gasteiger partial charge in [-0.05, 0) is 19.1 Å². The molecular formula is C10H11N5O2. The molecule has 2 rings (SSSR count). The van der Waals surface area contributed by atoms with Gasteiger partial charge in [0.15, 0.2) is 5.49 Å². The number of carbonyl (C=O) groups is 1. The number of amides is 1. The summed E-state index contributed by atoms with van der Waals surface area (Å²) in [6.07, 6.45) is 2.93. The molecule has 0 aliphatic heterocycles. The molecule has 0 radical (unpaired) electrons.